The van der Waals surface area contributed by atoms with Gasteiger partial charge in [0.05, 0.1) is 55.8 Å². The second-order valence-electron chi connectivity index (χ2n) is 27.9. The second kappa shape index (κ2) is 24.3. The Hall–Kier alpha value is -1.97. The molecule has 4 saturated heterocycles. The van der Waals surface area contributed by atoms with Crippen LogP contribution in [0, 0.1) is 50.2 Å². The van der Waals surface area contributed by atoms with Gasteiger partial charge in [0.25, 0.3) is 0 Å². The minimum Gasteiger partial charge on any atom is -0.462 e. The van der Waals surface area contributed by atoms with Gasteiger partial charge in [-0.05, 0) is 111 Å². The number of allylic oxidation sites excluding steroid dienone is 3. The summed E-state index contributed by atoms with van der Waals surface area (Å²) >= 11 is 0. The summed E-state index contributed by atoms with van der Waals surface area (Å²) in [6.07, 6.45) is -31.5. The summed E-state index contributed by atoms with van der Waals surface area (Å²) in [5, 5.41) is 168. The van der Waals surface area contributed by atoms with E-state index in [4.69, 9.17) is 42.6 Å². The van der Waals surface area contributed by atoms with E-state index in [0.29, 0.717) is 31.3 Å². The molecule has 0 amide bonds. The highest BCUT2D eigenvalue weighted by Gasteiger charge is 2.73. The first kappa shape index (κ1) is 66.4. The predicted molar refractivity (Wildman–Crippen MR) is 289 cm³/mol. The average molecular weight is 1210 g/mol. The third-order valence-corrected chi connectivity index (χ3v) is 22.7. The van der Waals surface area contributed by atoms with Crippen LogP contribution in [0.2, 0.25) is 0 Å². The van der Waals surface area contributed by atoms with E-state index < -0.39 is 201 Å². The third-order valence-electron chi connectivity index (χ3n) is 22.7. The van der Waals surface area contributed by atoms with Gasteiger partial charge in [0.1, 0.15) is 98.2 Å². The first-order valence-corrected chi connectivity index (χ1v) is 30.0. The van der Waals surface area contributed by atoms with E-state index in [0.717, 1.165) is 18.4 Å². The highest BCUT2D eigenvalue weighted by Crippen LogP contribution is 2.76. The molecule has 15 N–H and O–H groups in total. The van der Waals surface area contributed by atoms with Crippen LogP contribution in [-0.4, -0.2) is 256 Å². The molecule has 9 aliphatic rings. The van der Waals surface area contributed by atoms with Crippen LogP contribution < -0.4 is 0 Å². The minimum absolute atomic E-state index is 0.000953. The van der Waals surface area contributed by atoms with E-state index in [-0.39, 0.29) is 35.7 Å². The molecule has 5 aliphatic carbocycles. The molecule has 4 saturated carbocycles. The van der Waals surface area contributed by atoms with Gasteiger partial charge in [-0.15, -0.1) is 0 Å². The Balaban J connectivity index is 0.960. The Morgan fingerprint density at radius 1 is 0.595 bits per heavy atom. The maximum atomic E-state index is 13.2. The fraction of sp³-hybridized carbons (Fsp3) is 0.915. The van der Waals surface area contributed by atoms with Crippen molar-refractivity contribution in [2.45, 2.75) is 261 Å². The van der Waals surface area contributed by atoms with E-state index in [1.54, 1.807) is 19.9 Å². The molecule has 0 aromatic carbocycles. The summed E-state index contributed by atoms with van der Waals surface area (Å²) in [4.78, 5) is 13.2. The Labute approximate surface area is 490 Å². The zero-order valence-corrected chi connectivity index (χ0v) is 49.8. The molecule has 8 fully saturated rings. The molecule has 0 aromatic rings. The van der Waals surface area contributed by atoms with E-state index in [2.05, 4.69) is 40.7 Å². The molecule has 0 unspecified atom stereocenters. The largest absolute Gasteiger partial charge is 0.462 e. The number of hydrogen-bond acceptors (Lipinski definition) is 25. The van der Waals surface area contributed by atoms with E-state index >= 15 is 0 Å². The van der Waals surface area contributed by atoms with Crippen LogP contribution >= 0.6 is 0 Å². The van der Waals surface area contributed by atoms with Gasteiger partial charge in [0.2, 0.25) is 0 Å². The highest BCUT2D eigenvalue weighted by atomic mass is 16.8. The molecule has 25 nitrogen and oxygen atoms in total. The number of aliphatic hydroxyl groups is 15. The summed E-state index contributed by atoms with van der Waals surface area (Å²) in [6.45, 7) is 16.8. The highest BCUT2D eigenvalue weighted by molar-refractivity contribution is 5.87. The summed E-state index contributed by atoms with van der Waals surface area (Å²) in [6, 6.07) is 0. The SMILES string of the molecule is C/C=C(\C)C(=O)OC[C@@]12[C@H](O)C[C@]3(C)C(=CC[C@@H]4[C@@]5(C)CC[C@H](O[C@@H]6O[C@H](CO)[C@@H](O)[C@H](O)[C@H]6O[C@@H]6O[C@H](CO)[C@@H](O)[C@H](O[C@@H]7O[C@H](CO)[C@H](O)[C@H](O)[C@H]7O[C@@H]7O[C@@H](C)[C@H](O)[C@@H](O)[C@H]7O)[C@H]6O)C(C)(C)[C@@H]5CC[C@]43C)[C@@H]1CC(C)(C)[C@@H](O)[C@@H]2O. The Bertz CT molecular complexity index is 2380. The Morgan fingerprint density at radius 3 is 1.70 bits per heavy atom. The first-order chi connectivity index (χ1) is 39.2. The van der Waals surface area contributed by atoms with Crippen LogP contribution in [0.5, 0.6) is 0 Å². The molecule has 84 heavy (non-hydrogen) atoms. The van der Waals surface area contributed by atoms with Crippen molar-refractivity contribution in [3.8, 4) is 0 Å². The van der Waals surface area contributed by atoms with Crippen molar-refractivity contribution in [3.63, 3.8) is 0 Å². The van der Waals surface area contributed by atoms with Crippen LogP contribution in [0.4, 0.5) is 0 Å². The van der Waals surface area contributed by atoms with Crippen LogP contribution in [0.15, 0.2) is 23.3 Å². The van der Waals surface area contributed by atoms with E-state index in [1.807, 2.05) is 13.8 Å². The van der Waals surface area contributed by atoms with Crippen LogP contribution in [-0.2, 0) is 47.4 Å². The molecule has 0 aromatic heterocycles. The topological polar surface area (TPSA) is 404 Å². The monoisotopic (exact) mass is 1200 g/mol. The van der Waals surface area contributed by atoms with E-state index in [9.17, 15) is 81.4 Å². The molecule has 9 rings (SSSR count). The molecule has 0 bridgehead atoms. The van der Waals surface area contributed by atoms with Crippen molar-refractivity contribution in [1.82, 2.24) is 0 Å². The van der Waals surface area contributed by atoms with Crippen molar-refractivity contribution in [3.05, 3.63) is 23.3 Å². The summed E-state index contributed by atoms with van der Waals surface area (Å²) in [7, 11) is 0. The number of carbonyl (C=O) groups is 1. The number of rotatable bonds is 14. The van der Waals surface area contributed by atoms with E-state index in [1.165, 1.54) is 6.92 Å². The molecule has 0 radical (unpaired) electrons. The molecular weight excluding hydrogens is 1110 g/mol. The van der Waals surface area contributed by atoms with Crippen molar-refractivity contribution in [2.24, 2.45) is 50.2 Å². The zero-order chi connectivity index (χ0) is 61.9. The molecule has 0 spiro atoms. The summed E-state index contributed by atoms with van der Waals surface area (Å²) in [5.74, 6) is -0.911. The molecule has 4 aliphatic heterocycles. The fourth-order valence-electron chi connectivity index (χ4n) is 17.2. The molecule has 25 heteroatoms. The van der Waals surface area contributed by atoms with Gasteiger partial charge in [0.15, 0.2) is 25.2 Å². The first-order valence-electron chi connectivity index (χ1n) is 30.0. The Morgan fingerprint density at radius 2 is 1.13 bits per heavy atom. The number of fused-ring (bicyclic) bond motifs is 7. The average Bonchev–Trinajstić information content (AvgIpc) is 0.686. The second-order valence-corrected chi connectivity index (χ2v) is 27.9. The number of aliphatic hydroxyl groups excluding tert-OH is 15. The molecular formula is C59H96O25. The maximum Gasteiger partial charge on any atom is 0.333 e. The lowest BCUT2D eigenvalue weighted by atomic mass is 9.33. The van der Waals surface area contributed by atoms with Crippen molar-refractivity contribution in [2.75, 3.05) is 26.4 Å². The number of hydrogen-bond donors (Lipinski definition) is 15. The van der Waals surface area contributed by atoms with Gasteiger partial charge in [-0.25, -0.2) is 4.79 Å². The van der Waals surface area contributed by atoms with Gasteiger partial charge in [-0.1, -0.05) is 66.2 Å². The van der Waals surface area contributed by atoms with Gasteiger partial charge in [-0.2, -0.15) is 0 Å². The number of ether oxygens (including phenoxy) is 9. The van der Waals surface area contributed by atoms with Gasteiger partial charge in [0, 0.05) is 5.57 Å². The Kier molecular flexibility index (Phi) is 19.3. The molecule has 4 heterocycles. The van der Waals surface area contributed by atoms with Gasteiger partial charge < -0.3 is 119 Å². The predicted octanol–water partition coefficient (Wildman–Crippen LogP) is -2.10. The van der Waals surface area contributed by atoms with Crippen LogP contribution in [0.3, 0.4) is 0 Å². The fourth-order valence-corrected chi connectivity index (χ4v) is 17.2. The van der Waals surface area contributed by atoms with Crippen molar-refractivity contribution < 1.29 is 124 Å². The standard InChI is InChI=1S/C59H96O25/c1-11-24(2)49(75)76-23-59-27(18-54(4,5)47(73)48(59)74)26-12-13-32-56(8)16-15-34(55(6,7)31(56)14-17-57(32,9)58(26,10)19-33(59)63)81-52-45(40(69)36(65)28(20-60)79-52)84-51-43(72)44(38(67)30(22-62)78-51)82-53-46(41(70)37(66)29(21-61)80-53)83-50-42(71)39(68)35(64)25(3)77-50/h11-12,25,27-48,50-53,60-74H,13-23H2,1-10H3/b24-11+/t25-,27-,28+,29+,30+,31-,32+,33+,34-,35-,36+,37-,38+,39+,40-,41-,42+,43+,44-,45+,46+,47-,48-,50-,51-,52-,53-,56-,57+,58+,59-/m0/s1. The lowest BCUT2D eigenvalue weighted by molar-refractivity contribution is -0.401. The molecule has 482 valence electrons. The lowest BCUT2D eigenvalue weighted by Crippen LogP contribution is -2.72. The number of esters is 1. The molecule has 31 atom stereocenters. The van der Waals surface area contributed by atoms with Gasteiger partial charge >= 0.3 is 5.97 Å². The van der Waals surface area contributed by atoms with Crippen LogP contribution in [0.1, 0.15) is 114 Å². The minimum atomic E-state index is -2.08. The number of carbonyl (C=O) groups excluding carboxylic acids is 1. The van der Waals surface area contributed by atoms with Crippen LogP contribution in [0.25, 0.3) is 0 Å². The normalized spacial score (nSPS) is 52.9. The summed E-state index contributed by atoms with van der Waals surface area (Å²) < 4.78 is 54.5. The summed E-state index contributed by atoms with van der Waals surface area (Å²) in [5.41, 5.74) is -2.57. The maximum absolute atomic E-state index is 13.2. The third kappa shape index (κ3) is 10.7. The zero-order valence-electron chi connectivity index (χ0n) is 49.8. The quantitative estimate of drug-likeness (QED) is 0.0383. The lowest BCUT2D eigenvalue weighted by Gasteiger charge is -2.72. The smallest absolute Gasteiger partial charge is 0.333 e. The van der Waals surface area contributed by atoms with Crippen molar-refractivity contribution >= 4 is 5.97 Å². The van der Waals surface area contributed by atoms with Crippen molar-refractivity contribution in [1.29, 1.82) is 0 Å². The van der Waals surface area contributed by atoms with Gasteiger partial charge in [-0.3, -0.25) is 0 Å².